The van der Waals surface area contributed by atoms with Crippen molar-refractivity contribution in [2.45, 2.75) is 25.0 Å². The molecule has 3 aromatic carbocycles. The fourth-order valence-electron chi connectivity index (χ4n) is 3.91. The predicted molar refractivity (Wildman–Crippen MR) is 123 cm³/mol. The van der Waals surface area contributed by atoms with Crippen LogP contribution in [-0.2, 0) is 6.61 Å². The van der Waals surface area contributed by atoms with Gasteiger partial charge in [-0.1, -0.05) is 84.0 Å². The van der Waals surface area contributed by atoms with E-state index in [9.17, 15) is 10.0 Å². The normalized spacial score (nSPS) is 12.8. The molecule has 0 spiro atoms. The van der Waals surface area contributed by atoms with Crippen molar-refractivity contribution in [2.75, 3.05) is 0 Å². The minimum absolute atomic E-state index is 0.0430. The number of rotatable bonds is 8. The molecule has 2 atom stereocenters. The number of pyridine rings is 1. The number of nitrogens with zero attached hydrogens (tertiary/aromatic N) is 2. The zero-order valence-electron chi connectivity index (χ0n) is 17.1. The van der Waals surface area contributed by atoms with E-state index in [2.05, 4.69) is 46.6 Å². The molecular weight excluding hydrogens is 384 g/mol. The Hall–Kier alpha value is -3.63. The first kappa shape index (κ1) is 20.6. The van der Waals surface area contributed by atoms with Gasteiger partial charge in [0, 0.05) is 18.3 Å². The highest BCUT2D eigenvalue weighted by Gasteiger charge is 2.22. The maximum Gasteiger partial charge on any atom is 0.118 e. The second-order valence-electron chi connectivity index (χ2n) is 7.58. The smallest absolute Gasteiger partial charge is 0.118 e. The van der Waals surface area contributed by atoms with Gasteiger partial charge in [-0.05, 0) is 51.9 Å². The van der Waals surface area contributed by atoms with Gasteiger partial charge in [-0.3, -0.25) is 4.98 Å². The lowest BCUT2D eigenvalue weighted by atomic mass is 9.84. The van der Waals surface area contributed by atoms with E-state index in [4.69, 9.17) is 0 Å². The van der Waals surface area contributed by atoms with Gasteiger partial charge in [-0.25, -0.2) is 0 Å². The lowest BCUT2D eigenvalue weighted by molar-refractivity contribution is 0.282. The number of aromatic nitrogens is 1. The van der Waals surface area contributed by atoms with Gasteiger partial charge in [0.15, 0.2) is 0 Å². The minimum atomic E-state index is -0.445. The van der Waals surface area contributed by atoms with Crippen molar-refractivity contribution in [3.63, 3.8) is 0 Å². The molecule has 0 aliphatic carbocycles. The van der Waals surface area contributed by atoms with Crippen LogP contribution in [0.15, 0.2) is 109 Å². The van der Waals surface area contributed by atoms with Gasteiger partial charge < -0.3 is 5.11 Å². The highest BCUT2D eigenvalue weighted by atomic mass is 16.3. The fourth-order valence-corrected chi connectivity index (χ4v) is 3.91. The van der Waals surface area contributed by atoms with Crippen molar-refractivity contribution < 1.29 is 5.11 Å². The van der Waals surface area contributed by atoms with Crippen molar-refractivity contribution >= 4 is 0 Å². The summed E-state index contributed by atoms with van der Waals surface area (Å²) >= 11 is 0. The van der Waals surface area contributed by atoms with Crippen LogP contribution < -0.4 is 0 Å². The first-order chi connectivity index (χ1) is 15.3. The molecule has 154 valence electrons. The van der Waals surface area contributed by atoms with Gasteiger partial charge in [0.1, 0.15) is 6.04 Å². The molecule has 0 saturated heterocycles. The summed E-state index contributed by atoms with van der Waals surface area (Å²) in [7, 11) is 0. The Morgan fingerprint density at radius 3 is 1.87 bits per heavy atom. The summed E-state index contributed by atoms with van der Waals surface area (Å²) in [4.78, 5) is 15.8. The Morgan fingerprint density at radius 2 is 1.29 bits per heavy atom. The summed E-state index contributed by atoms with van der Waals surface area (Å²) < 4.78 is 0. The molecule has 31 heavy (non-hydrogen) atoms. The van der Waals surface area contributed by atoms with Crippen LogP contribution in [0.4, 0.5) is 0 Å². The zero-order valence-corrected chi connectivity index (χ0v) is 17.1. The van der Waals surface area contributed by atoms with E-state index >= 15 is 0 Å². The summed E-state index contributed by atoms with van der Waals surface area (Å²) in [6.07, 6.45) is 3.98. The van der Waals surface area contributed by atoms with Crippen molar-refractivity contribution in [3.8, 4) is 11.1 Å². The Bertz CT molecular complexity index is 1100. The van der Waals surface area contributed by atoms with Crippen LogP contribution in [0.5, 0.6) is 0 Å². The van der Waals surface area contributed by atoms with Crippen LogP contribution in [0.3, 0.4) is 0 Å². The topological polar surface area (TPSA) is 62.5 Å². The van der Waals surface area contributed by atoms with Gasteiger partial charge >= 0.3 is 0 Å². The van der Waals surface area contributed by atoms with E-state index in [1.54, 1.807) is 12.4 Å². The molecule has 1 aromatic heterocycles. The van der Waals surface area contributed by atoms with Crippen LogP contribution in [0, 0.1) is 4.91 Å². The fraction of sp³-hybridized carbons (Fsp3) is 0.148. The number of hydrogen-bond donors (Lipinski definition) is 1. The summed E-state index contributed by atoms with van der Waals surface area (Å²) in [6, 6.07) is 29.9. The Morgan fingerprint density at radius 1 is 0.710 bits per heavy atom. The van der Waals surface area contributed by atoms with Gasteiger partial charge in [-0.2, -0.15) is 4.91 Å². The number of aliphatic hydroxyl groups is 1. The molecule has 0 aliphatic rings. The average Bonchev–Trinajstić information content (AvgIpc) is 2.86. The van der Waals surface area contributed by atoms with Crippen LogP contribution in [0.1, 0.15) is 40.6 Å². The Kier molecular flexibility index (Phi) is 6.60. The monoisotopic (exact) mass is 408 g/mol. The lowest BCUT2D eigenvalue weighted by Crippen LogP contribution is -2.07. The van der Waals surface area contributed by atoms with Crippen molar-refractivity contribution in [2.24, 2.45) is 5.18 Å². The SMILES string of the molecule is O=NC(CC(c1ccccc1)c1ccc(-c2ccc(CO)cc2)cc1)c1ccncc1. The third kappa shape index (κ3) is 4.93. The predicted octanol–water partition coefficient (Wildman–Crippen LogP) is 6.27. The van der Waals surface area contributed by atoms with E-state index in [-0.39, 0.29) is 12.5 Å². The third-order valence-corrected chi connectivity index (χ3v) is 5.66. The molecule has 4 aromatic rings. The largest absolute Gasteiger partial charge is 0.392 e. The molecule has 2 unspecified atom stereocenters. The van der Waals surface area contributed by atoms with E-state index in [0.29, 0.717) is 6.42 Å². The molecule has 0 radical (unpaired) electrons. The van der Waals surface area contributed by atoms with Crippen molar-refractivity contribution in [1.82, 2.24) is 4.98 Å². The van der Waals surface area contributed by atoms with E-state index in [1.807, 2.05) is 54.6 Å². The molecule has 1 N–H and O–H groups in total. The standard InChI is InChI=1S/C27H24N2O2/c30-19-20-6-8-21(9-7-20)22-10-12-24(13-11-22)26(23-4-2-1-3-5-23)18-27(29-31)25-14-16-28-17-15-25/h1-17,26-27,30H,18-19H2. The zero-order chi connectivity index (χ0) is 21.5. The second kappa shape index (κ2) is 9.92. The molecule has 0 amide bonds. The van der Waals surface area contributed by atoms with Gasteiger partial charge in [0.2, 0.25) is 0 Å². The summed E-state index contributed by atoms with van der Waals surface area (Å²) in [5, 5.41) is 12.7. The second-order valence-corrected chi connectivity index (χ2v) is 7.58. The van der Waals surface area contributed by atoms with Gasteiger partial charge in [0.05, 0.1) is 6.61 Å². The Labute approximate surface area is 182 Å². The first-order valence-electron chi connectivity index (χ1n) is 10.4. The van der Waals surface area contributed by atoms with Crippen LogP contribution >= 0.6 is 0 Å². The molecule has 4 heteroatoms. The molecule has 0 fully saturated rings. The maximum absolute atomic E-state index is 11.7. The van der Waals surface area contributed by atoms with Gasteiger partial charge in [0.25, 0.3) is 0 Å². The highest BCUT2D eigenvalue weighted by Crippen LogP contribution is 2.36. The maximum atomic E-state index is 11.7. The highest BCUT2D eigenvalue weighted by molar-refractivity contribution is 5.64. The van der Waals surface area contributed by atoms with E-state index < -0.39 is 6.04 Å². The molecule has 4 nitrogen and oxygen atoms in total. The summed E-state index contributed by atoms with van der Waals surface area (Å²) in [5.41, 5.74) is 6.29. The lowest BCUT2D eigenvalue weighted by Gasteiger charge is -2.21. The quantitative estimate of drug-likeness (QED) is 0.349. The van der Waals surface area contributed by atoms with Crippen LogP contribution in [-0.4, -0.2) is 10.1 Å². The molecule has 0 aliphatic heterocycles. The van der Waals surface area contributed by atoms with Crippen LogP contribution in [0.25, 0.3) is 11.1 Å². The average molecular weight is 409 g/mol. The molecule has 0 saturated carbocycles. The number of benzene rings is 3. The van der Waals surface area contributed by atoms with Gasteiger partial charge in [-0.15, -0.1) is 0 Å². The van der Waals surface area contributed by atoms with Crippen molar-refractivity contribution in [3.05, 3.63) is 131 Å². The number of aliphatic hydroxyl groups excluding tert-OH is 1. The molecule has 4 rings (SSSR count). The molecular formula is C27H24N2O2. The molecule has 0 bridgehead atoms. The minimum Gasteiger partial charge on any atom is -0.392 e. The van der Waals surface area contributed by atoms with E-state index in [0.717, 1.165) is 33.4 Å². The summed E-state index contributed by atoms with van der Waals surface area (Å²) in [5.74, 6) is 0.0443. The number of nitroso groups, excluding NO2 is 1. The first-order valence-corrected chi connectivity index (χ1v) is 10.4. The molecule has 1 heterocycles. The van der Waals surface area contributed by atoms with E-state index in [1.165, 1.54) is 0 Å². The number of hydrogen-bond acceptors (Lipinski definition) is 4. The summed E-state index contributed by atoms with van der Waals surface area (Å²) in [6.45, 7) is 0.0430. The van der Waals surface area contributed by atoms with Crippen molar-refractivity contribution in [1.29, 1.82) is 0 Å². The van der Waals surface area contributed by atoms with Crippen LogP contribution in [0.2, 0.25) is 0 Å². The Balaban J connectivity index is 1.64. The third-order valence-electron chi connectivity index (χ3n) is 5.66.